The summed E-state index contributed by atoms with van der Waals surface area (Å²) in [5, 5.41) is 14.2. The molecule has 0 unspecified atom stereocenters. The predicted molar refractivity (Wildman–Crippen MR) is 80.8 cm³/mol. The molecular formula is C15H17N3O2. The molecule has 5 nitrogen and oxygen atoms in total. The van der Waals surface area contributed by atoms with E-state index in [0.717, 1.165) is 22.5 Å². The monoisotopic (exact) mass is 271 g/mol. The average molecular weight is 271 g/mol. The highest BCUT2D eigenvalue weighted by atomic mass is 16.6. The quantitative estimate of drug-likeness (QED) is 0.507. The van der Waals surface area contributed by atoms with Gasteiger partial charge in [0, 0.05) is 29.5 Å². The molecule has 0 aliphatic rings. The first-order valence-electron chi connectivity index (χ1n) is 6.32. The Hall–Kier alpha value is -2.56. The highest BCUT2D eigenvalue weighted by Crippen LogP contribution is 2.26. The smallest absolute Gasteiger partial charge is 0.272 e. The molecule has 0 aliphatic carbocycles. The lowest BCUT2D eigenvalue weighted by Gasteiger charge is -2.12. The van der Waals surface area contributed by atoms with Gasteiger partial charge in [-0.2, -0.15) is 0 Å². The number of anilines is 2. The normalized spacial score (nSPS) is 10.3. The van der Waals surface area contributed by atoms with Crippen LogP contribution in [0.3, 0.4) is 0 Å². The van der Waals surface area contributed by atoms with E-state index in [0.29, 0.717) is 12.1 Å². The van der Waals surface area contributed by atoms with E-state index in [1.165, 1.54) is 0 Å². The molecule has 0 radical (unpaired) electrons. The van der Waals surface area contributed by atoms with E-state index in [4.69, 9.17) is 5.73 Å². The molecular weight excluding hydrogens is 254 g/mol. The standard InChI is InChI=1S/C15H17N3O2/c1-10-8-15(18(19)20)11(2)7-14(10)17-9-12-5-3-4-6-13(12)16/h3-8,17H,9,16H2,1-2H3. The van der Waals surface area contributed by atoms with E-state index in [2.05, 4.69) is 5.32 Å². The van der Waals surface area contributed by atoms with Crippen molar-refractivity contribution in [1.82, 2.24) is 0 Å². The summed E-state index contributed by atoms with van der Waals surface area (Å²) in [6, 6.07) is 11.0. The lowest BCUT2D eigenvalue weighted by atomic mass is 10.1. The Kier molecular flexibility index (Phi) is 3.89. The van der Waals surface area contributed by atoms with Crippen molar-refractivity contribution in [1.29, 1.82) is 0 Å². The molecule has 0 saturated carbocycles. The summed E-state index contributed by atoms with van der Waals surface area (Å²) >= 11 is 0. The molecule has 0 saturated heterocycles. The van der Waals surface area contributed by atoms with Crippen LogP contribution in [0.1, 0.15) is 16.7 Å². The molecule has 0 amide bonds. The van der Waals surface area contributed by atoms with E-state index in [1.807, 2.05) is 31.2 Å². The average Bonchev–Trinajstić information content (AvgIpc) is 2.40. The summed E-state index contributed by atoms with van der Waals surface area (Å²) in [5.74, 6) is 0. The van der Waals surface area contributed by atoms with Crippen LogP contribution in [0.2, 0.25) is 0 Å². The summed E-state index contributed by atoms with van der Waals surface area (Å²) in [6.45, 7) is 4.17. The summed E-state index contributed by atoms with van der Waals surface area (Å²) in [7, 11) is 0. The maximum Gasteiger partial charge on any atom is 0.272 e. The number of nitro benzene ring substituents is 1. The SMILES string of the molecule is Cc1cc([N+](=O)[O-])c(C)cc1NCc1ccccc1N. The molecule has 5 heteroatoms. The van der Waals surface area contributed by atoms with Gasteiger partial charge in [-0.05, 0) is 37.1 Å². The summed E-state index contributed by atoms with van der Waals surface area (Å²) in [6.07, 6.45) is 0. The van der Waals surface area contributed by atoms with E-state index in [-0.39, 0.29) is 10.6 Å². The molecule has 0 heterocycles. The lowest BCUT2D eigenvalue weighted by Crippen LogP contribution is -2.05. The van der Waals surface area contributed by atoms with E-state index >= 15 is 0 Å². The number of benzene rings is 2. The van der Waals surface area contributed by atoms with E-state index in [9.17, 15) is 10.1 Å². The van der Waals surface area contributed by atoms with Crippen molar-refractivity contribution in [2.24, 2.45) is 0 Å². The summed E-state index contributed by atoms with van der Waals surface area (Å²) < 4.78 is 0. The van der Waals surface area contributed by atoms with Gasteiger partial charge in [0.05, 0.1) is 4.92 Å². The Balaban J connectivity index is 2.21. The van der Waals surface area contributed by atoms with Crippen molar-refractivity contribution in [3.8, 4) is 0 Å². The number of nitrogen functional groups attached to an aromatic ring is 1. The molecule has 3 N–H and O–H groups in total. The predicted octanol–water partition coefficient (Wildman–Crippen LogP) is 3.41. The molecule has 0 bridgehead atoms. The fourth-order valence-corrected chi connectivity index (χ4v) is 2.07. The fraction of sp³-hybridized carbons (Fsp3) is 0.200. The fourth-order valence-electron chi connectivity index (χ4n) is 2.07. The number of aryl methyl sites for hydroxylation is 2. The van der Waals surface area contributed by atoms with Crippen molar-refractivity contribution < 1.29 is 4.92 Å². The van der Waals surface area contributed by atoms with Gasteiger partial charge in [0.2, 0.25) is 0 Å². The first kappa shape index (κ1) is 13.9. The minimum absolute atomic E-state index is 0.146. The molecule has 2 rings (SSSR count). The number of hydrogen-bond acceptors (Lipinski definition) is 4. The number of rotatable bonds is 4. The zero-order valence-corrected chi connectivity index (χ0v) is 11.5. The highest BCUT2D eigenvalue weighted by molar-refractivity contribution is 5.60. The van der Waals surface area contributed by atoms with Gasteiger partial charge in [0.25, 0.3) is 5.69 Å². The van der Waals surface area contributed by atoms with Crippen molar-refractivity contribution in [3.05, 3.63) is 63.2 Å². The first-order valence-corrected chi connectivity index (χ1v) is 6.32. The topological polar surface area (TPSA) is 81.2 Å². The van der Waals surface area contributed by atoms with E-state index < -0.39 is 0 Å². The van der Waals surface area contributed by atoms with Crippen molar-refractivity contribution >= 4 is 17.1 Å². The van der Waals surface area contributed by atoms with Gasteiger partial charge in [-0.1, -0.05) is 18.2 Å². The second kappa shape index (κ2) is 5.61. The van der Waals surface area contributed by atoms with Crippen molar-refractivity contribution in [3.63, 3.8) is 0 Å². The van der Waals surface area contributed by atoms with Crippen LogP contribution in [0, 0.1) is 24.0 Å². The van der Waals surface area contributed by atoms with Crippen LogP contribution in [-0.2, 0) is 6.54 Å². The molecule has 0 atom stereocenters. The molecule has 20 heavy (non-hydrogen) atoms. The molecule has 0 spiro atoms. The number of hydrogen-bond donors (Lipinski definition) is 2. The Morgan fingerprint density at radius 1 is 1.20 bits per heavy atom. The first-order chi connectivity index (χ1) is 9.49. The number of nitrogens with two attached hydrogens (primary N) is 1. The maximum atomic E-state index is 10.9. The number of nitrogens with zero attached hydrogens (tertiary/aromatic N) is 1. The third-order valence-electron chi connectivity index (χ3n) is 3.26. The van der Waals surface area contributed by atoms with E-state index in [1.54, 1.807) is 19.1 Å². The number of para-hydroxylation sites is 1. The summed E-state index contributed by atoms with van der Waals surface area (Å²) in [5.41, 5.74) is 10.1. The van der Waals surface area contributed by atoms with Crippen LogP contribution >= 0.6 is 0 Å². The van der Waals surface area contributed by atoms with Gasteiger partial charge < -0.3 is 11.1 Å². The lowest BCUT2D eigenvalue weighted by molar-refractivity contribution is -0.385. The van der Waals surface area contributed by atoms with Crippen LogP contribution in [0.4, 0.5) is 17.1 Å². The highest BCUT2D eigenvalue weighted by Gasteiger charge is 2.13. The van der Waals surface area contributed by atoms with Crippen LogP contribution in [0.25, 0.3) is 0 Å². The molecule has 0 fully saturated rings. The van der Waals surface area contributed by atoms with Gasteiger partial charge in [0.15, 0.2) is 0 Å². The number of nitro groups is 1. The van der Waals surface area contributed by atoms with Gasteiger partial charge in [-0.25, -0.2) is 0 Å². The minimum Gasteiger partial charge on any atom is -0.398 e. The molecule has 2 aromatic carbocycles. The van der Waals surface area contributed by atoms with Crippen LogP contribution < -0.4 is 11.1 Å². The third kappa shape index (κ3) is 2.88. The van der Waals surface area contributed by atoms with Gasteiger partial charge in [-0.15, -0.1) is 0 Å². The number of nitrogens with one attached hydrogen (secondary N) is 1. The Labute approximate surface area is 117 Å². The Bertz CT molecular complexity index is 654. The zero-order chi connectivity index (χ0) is 14.7. The van der Waals surface area contributed by atoms with Crippen LogP contribution in [0.5, 0.6) is 0 Å². The van der Waals surface area contributed by atoms with Crippen molar-refractivity contribution in [2.75, 3.05) is 11.1 Å². The second-order valence-corrected chi connectivity index (χ2v) is 4.76. The third-order valence-corrected chi connectivity index (χ3v) is 3.26. The zero-order valence-electron chi connectivity index (χ0n) is 11.5. The van der Waals surface area contributed by atoms with Gasteiger partial charge >= 0.3 is 0 Å². The van der Waals surface area contributed by atoms with Gasteiger partial charge in [0.1, 0.15) is 0 Å². The van der Waals surface area contributed by atoms with Crippen LogP contribution in [-0.4, -0.2) is 4.92 Å². The molecule has 104 valence electrons. The maximum absolute atomic E-state index is 10.9. The van der Waals surface area contributed by atoms with Crippen LogP contribution in [0.15, 0.2) is 36.4 Å². The largest absolute Gasteiger partial charge is 0.398 e. The Morgan fingerprint density at radius 2 is 1.90 bits per heavy atom. The molecule has 0 aliphatic heterocycles. The Morgan fingerprint density at radius 3 is 2.55 bits per heavy atom. The minimum atomic E-state index is -0.360. The second-order valence-electron chi connectivity index (χ2n) is 4.76. The van der Waals surface area contributed by atoms with Crippen molar-refractivity contribution in [2.45, 2.75) is 20.4 Å². The molecule has 0 aromatic heterocycles. The molecule has 2 aromatic rings. The van der Waals surface area contributed by atoms with Gasteiger partial charge in [-0.3, -0.25) is 10.1 Å². The summed E-state index contributed by atoms with van der Waals surface area (Å²) in [4.78, 5) is 10.5.